The first kappa shape index (κ1) is 14.2. The molecule has 0 spiro atoms. The number of hydrogen-bond donors (Lipinski definition) is 1. The Morgan fingerprint density at radius 3 is 3.00 bits per heavy atom. The maximum absolute atomic E-state index is 13.1. The summed E-state index contributed by atoms with van der Waals surface area (Å²) in [6, 6.07) is 6.48. The predicted octanol–water partition coefficient (Wildman–Crippen LogP) is 2.41. The van der Waals surface area contributed by atoms with Crippen LogP contribution in [0, 0.1) is 0 Å². The van der Waals surface area contributed by atoms with Gasteiger partial charge < -0.3 is 9.73 Å². The number of benzene rings is 1. The van der Waals surface area contributed by atoms with Crippen LogP contribution >= 0.6 is 0 Å². The van der Waals surface area contributed by atoms with Gasteiger partial charge in [0.05, 0.1) is 10.9 Å². The van der Waals surface area contributed by atoms with Crippen LogP contribution in [0.3, 0.4) is 0 Å². The van der Waals surface area contributed by atoms with E-state index in [4.69, 9.17) is 4.42 Å². The summed E-state index contributed by atoms with van der Waals surface area (Å²) in [6.45, 7) is 0. The van der Waals surface area contributed by atoms with E-state index in [1.54, 1.807) is 22.9 Å². The third-order valence-electron chi connectivity index (χ3n) is 4.81. The zero-order valence-electron chi connectivity index (χ0n) is 13.2. The van der Waals surface area contributed by atoms with Crippen molar-refractivity contribution in [1.82, 2.24) is 14.8 Å². The number of anilines is 1. The lowest BCUT2D eigenvalue weighted by molar-refractivity contribution is -0.116. The predicted molar refractivity (Wildman–Crippen MR) is 90.2 cm³/mol. The molecule has 5 rings (SSSR count). The number of Topliss-reactive ketones (excluding diaryl/α,β-unsaturated/α-hetero) is 1. The second-order valence-corrected chi connectivity index (χ2v) is 6.24. The Morgan fingerprint density at radius 1 is 1.20 bits per heavy atom. The number of rotatable bonds is 1. The van der Waals surface area contributed by atoms with Gasteiger partial charge in [-0.15, -0.1) is 0 Å². The van der Waals surface area contributed by atoms with E-state index in [0.29, 0.717) is 34.5 Å². The Labute approximate surface area is 142 Å². The molecule has 0 unspecified atom stereocenters. The second-order valence-electron chi connectivity index (χ2n) is 6.24. The second kappa shape index (κ2) is 5.14. The van der Waals surface area contributed by atoms with Crippen molar-refractivity contribution in [2.75, 3.05) is 5.32 Å². The average molecular weight is 334 g/mol. The lowest BCUT2D eigenvalue weighted by atomic mass is 9.86. The van der Waals surface area contributed by atoms with Crippen LogP contribution in [0.1, 0.15) is 30.9 Å². The minimum absolute atomic E-state index is 0.0347. The summed E-state index contributed by atoms with van der Waals surface area (Å²) in [4.78, 5) is 29.9. The molecule has 2 aromatic heterocycles. The van der Waals surface area contributed by atoms with Crippen molar-refractivity contribution in [3.05, 3.63) is 63.9 Å². The molecule has 25 heavy (non-hydrogen) atoms. The standard InChI is InChI=1S/C18H14N4O3/c23-13-6-3-5-12-15(13)16(22-18(21-12)19-9-20-22)11-8-25-14-7-2-1-4-10(14)17(11)24/h1-2,4,7-9,16H,3,5-6H2,(H,19,20,21)/t16-/m1/s1. The summed E-state index contributed by atoms with van der Waals surface area (Å²) in [5.74, 6) is 0.568. The minimum atomic E-state index is -0.609. The molecule has 7 heteroatoms. The number of nitrogens with one attached hydrogen (secondary N) is 1. The van der Waals surface area contributed by atoms with Gasteiger partial charge in [-0.2, -0.15) is 10.1 Å². The Kier molecular flexibility index (Phi) is 2.91. The van der Waals surface area contributed by atoms with Gasteiger partial charge in [-0.3, -0.25) is 9.59 Å². The molecular formula is C18H14N4O3. The first-order chi connectivity index (χ1) is 12.2. The summed E-state index contributed by atoms with van der Waals surface area (Å²) in [5, 5.41) is 7.91. The number of carbonyl (C=O) groups is 1. The number of hydrogen-bond acceptors (Lipinski definition) is 6. The molecule has 7 nitrogen and oxygen atoms in total. The highest BCUT2D eigenvalue weighted by Gasteiger charge is 2.37. The highest BCUT2D eigenvalue weighted by atomic mass is 16.3. The molecule has 0 amide bonds. The lowest BCUT2D eigenvalue weighted by Gasteiger charge is -2.31. The summed E-state index contributed by atoms with van der Waals surface area (Å²) in [5.41, 5.74) is 2.18. The first-order valence-corrected chi connectivity index (χ1v) is 8.17. The zero-order chi connectivity index (χ0) is 17.0. The van der Waals surface area contributed by atoms with Crippen LogP contribution in [-0.4, -0.2) is 20.5 Å². The van der Waals surface area contributed by atoms with Crippen LogP contribution in [0.15, 0.2) is 57.3 Å². The van der Waals surface area contributed by atoms with Gasteiger partial charge in [0.2, 0.25) is 5.95 Å². The molecular weight excluding hydrogens is 320 g/mol. The molecule has 0 saturated carbocycles. The molecule has 0 bridgehead atoms. The van der Waals surface area contributed by atoms with Crippen LogP contribution in [0.25, 0.3) is 11.0 Å². The fraction of sp³-hybridized carbons (Fsp3) is 0.222. The van der Waals surface area contributed by atoms with Gasteiger partial charge in [0, 0.05) is 17.7 Å². The minimum Gasteiger partial charge on any atom is -0.464 e. The summed E-state index contributed by atoms with van der Waals surface area (Å²) in [7, 11) is 0. The smallest absolute Gasteiger partial charge is 0.226 e. The highest BCUT2D eigenvalue weighted by molar-refractivity contribution is 5.99. The fourth-order valence-corrected chi connectivity index (χ4v) is 3.67. The summed E-state index contributed by atoms with van der Waals surface area (Å²) >= 11 is 0. The number of ketones is 1. The van der Waals surface area contributed by atoms with Crippen molar-refractivity contribution in [3.63, 3.8) is 0 Å². The van der Waals surface area contributed by atoms with Gasteiger partial charge in [0.15, 0.2) is 11.2 Å². The molecule has 0 saturated heterocycles. The van der Waals surface area contributed by atoms with Gasteiger partial charge in [-0.25, -0.2) is 4.68 Å². The topological polar surface area (TPSA) is 90.0 Å². The number of allylic oxidation sites excluding steroid dienone is 2. The van der Waals surface area contributed by atoms with Crippen molar-refractivity contribution in [2.45, 2.75) is 25.3 Å². The van der Waals surface area contributed by atoms with Gasteiger partial charge >= 0.3 is 0 Å². The molecule has 2 aliphatic rings. The van der Waals surface area contributed by atoms with E-state index in [1.165, 1.54) is 12.6 Å². The maximum Gasteiger partial charge on any atom is 0.226 e. The monoisotopic (exact) mass is 334 g/mol. The quantitative estimate of drug-likeness (QED) is 0.735. The number of aromatic nitrogens is 3. The molecule has 1 atom stereocenters. The van der Waals surface area contributed by atoms with E-state index >= 15 is 0 Å². The molecule has 3 heterocycles. The number of fused-ring (bicyclic) bond motifs is 2. The van der Waals surface area contributed by atoms with Gasteiger partial charge in [-0.1, -0.05) is 12.1 Å². The maximum atomic E-state index is 13.1. The molecule has 1 aliphatic heterocycles. The molecule has 3 aromatic rings. The SMILES string of the molecule is O=C1CCCC2=C1[C@@H](c1coc3ccccc3c1=O)n1ncnc1N2. The number of para-hydroxylation sites is 1. The summed E-state index contributed by atoms with van der Waals surface area (Å²) < 4.78 is 7.25. The Morgan fingerprint density at radius 2 is 2.08 bits per heavy atom. The van der Waals surface area contributed by atoms with Gasteiger partial charge in [0.25, 0.3) is 0 Å². The molecule has 1 aromatic carbocycles. The van der Waals surface area contributed by atoms with E-state index in [0.717, 1.165) is 18.5 Å². The Balaban J connectivity index is 1.80. The van der Waals surface area contributed by atoms with E-state index in [2.05, 4.69) is 15.4 Å². The molecule has 0 fully saturated rings. The molecule has 0 radical (unpaired) electrons. The fourth-order valence-electron chi connectivity index (χ4n) is 3.67. The van der Waals surface area contributed by atoms with E-state index < -0.39 is 6.04 Å². The van der Waals surface area contributed by atoms with Gasteiger partial charge in [-0.05, 0) is 25.0 Å². The van der Waals surface area contributed by atoms with Crippen molar-refractivity contribution >= 4 is 22.7 Å². The molecule has 1 aliphatic carbocycles. The molecule has 1 N–H and O–H groups in total. The number of nitrogens with zero attached hydrogens (tertiary/aromatic N) is 3. The van der Waals surface area contributed by atoms with E-state index in [9.17, 15) is 9.59 Å². The van der Waals surface area contributed by atoms with Crippen LogP contribution in [-0.2, 0) is 4.79 Å². The first-order valence-electron chi connectivity index (χ1n) is 8.17. The van der Waals surface area contributed by atoms with Crippen LogP contribution in [0.4, 0.5) is 5.95 Å². The largest absolute Gasteiger partial charge is 0.464 e. The van der Waals surface area contributed by atoms with Crippen molar-refractivity contribution in [3.8, 4) is 0 Å². The third kappa shape index (κ3) is 1.98. The zero-order valence-corrected chi connectivity index (χ0v) is 13.2. The van der Waals surface area contributed by atoms with Gasteiger partial charge in [0.1, 0.15) is 24.2 Å². The Hall–Kier alpha value is -3.22. The lowest BCUT2D eigenvalue weighted by Crippen LogP contribution is -2.33. The third-order valence-corrected chi connectivity index (χ3v) is 4.81. The summed E-state index contributed by atoms with van der Waals surface area (Å²) in [6.07, 6.45) is 4.88. The average Bonchev–Trinajstić information content (AvgIpc) is 3.09. The number of carbonyl (C=O) groups excluding carboxylic acids is 1. The normalized spacial score (nSPS) is 19.5. The van der Waals surface area contributed by atoms with Crippen LogP contribution in [0.5, 0.6) is 0 Å². The van der Waals surface area contributed by atoms with Crippen molar-refractivity contribution < 1.29 is 9.21 Å². The van der Waals surface area contributed by atoms with Crippen molar-refractivity contribution in [2.24, 2.45) is 0 Å². The molecule has 124 valence electrons. The van der Waals surface area contributed by atoms with E-state index in [-0.39, 0.29) is 11.2 Å². The van der Waals surface area contributed by atoms with E-state index in [1.807, 2.05) is 6.07 Å². The van der Waals surface area contributed by atoms with Crippen LogP contribution in [0.2, 0.25) is 0 Å². The Bertz CT molecular complexity index is 1110. The van der Waals surface area contributed by atoms with Crippen molar-refractivity contribution in [1.29, 1.82) is 0 Å². The highest BCUT2D eigenvalue weighted by Crippen LogP contribution is 2.38. The van der Waals surface area contributed by atoms with Crippen LogP contribution < -0.4 is 10.7 Å².